The van der Waals surface area contributed by atoms with Crippen molar-refractivity contribution in [1.82, 2.24) is 15.0 Å². The molecule has 0 bridgehead atoms. The fourth-order valence-corrected chi connectivity index (χ4v) is 3.16. The number of nitrogens with zero attached hydrogens (tertiary/aromatic N) is 2. The first kappa shape index (κ1) is 16.5. The molecule has 0 aromatic carbocycles. The number of carbonyl (C=O) groups excluding carboxylic acids is 1. The fraction of sp³-hybridized carbons (Fsp3) is 0.500. The summed E-state index contributed by atoms with van der Waals surface area (Å²) in [6, 6.07) is 4.94. The molecular formula is C18H23N3O3. The second-order valence-electron chi connectivity index (χ2n) is 6.82. The van der Waals surface area contributed by atoms with Gasteiger partial charge in [0, 0.05) is 48.6 Å². The highest BCUT2D eigenvalue weighted by atomic mass is 16.5. The molecule has 6 nitrogen and oxygen atoms in total. The van der Waals surface area contributed by atoms with E-state index in [4.69, 9.17) is 4.52 Å². The van der Waals surface area contributed by atoms with Crippen LogP contribution in [-0.4, -0.2) is 34.0 Å². The molecule has 0 spiro atoms. The number of aromatic nitrogens is 2. The van der Waals surface area contributed by atoms with Gasteiger partial charge in [-0.05, 0) is 25.7 Å². The van der Waals surface area contributed by atoms with Crippen LogP contribution in [0.2, 0.25) is 0 Å². The van der Waals surface area contributed by atoms with Crippen molar-refractivity contribution < 1.29 is 9.32 Å². The molecule has 0 aliphatic carbocycles. The molecule has 1 aliphatic heterocycles. The lowest BCUT2D eigenvalue weighted by Gasteiger charge is -2.32. The molecule has 1 aliphatic rings. The zero-order valence-corrected chi connectivity index (χ0v) is 14.3. The van der Waals surface area contributed by atoms with Gasteiger partial charge in [-0.2, -0.15) is 0 Å². The lowest BCUT2D eigenvalue weighted by molar-refractivity contribution is 0.0663. The SMILES string of the molecule is Cc1cc(=O)cc([C@@H]2CCCN(C(=O)c3cc(C(C)C)no3)C2)[nH]1. The van der Waals surface area contributed by atoms with Gasteiger partial charge in [-0.15, -0.1) is 0 Å². The van der Waals surface area contributed by atoms with Crippen LogP contribution < -0.4 is 5.43 Å². The molecule has 1 saturated heterocycles. The first-order valence-corrected chi connectivity index (χ1v) is 8.41. The van der Waals surface area contributed by atoms with Gasteiger partial charge in [-0.1, -0.05) is 19.0 Å². The van der Waals surface area contributed by atoms with Crippen LogP contribution in [0.15, 0.2) is 27.5 Å². The van der Waals surface area contributed by atoms with E-state index >= 15 is 0 Å². The Morgan fingerprint density at radius 1 is 1.38 bits per heavy atom. The van der Waals surface area contributed by atoms with E-state index in [1.807, 2.05) is 20.8 Å². The third kappa shape index (κ3) is 3.42. The molecule has 1 N–H and O–H groups in total. The lowest BCUT2D eigenvalue weighted by atomic mass is 9.94. The van der Waals surface area contributed by atoms with Gasteiger partial charge in [0.25, 0.3) is 5.91 Å². The third-order valence-electron chi connectivity index (χ3n) is 4.48. The molecule has 128 valence electrons. The molecule has 2 aromatic heterocycles. The normalized spacial score (nSPS) is 18.2. The number of nitrogens with one attached hydrogen (secondary N) is 1. The first-order chi connectivity index (χ1) is 11.4. The summed E-state index contributed by atoms with van der Waals surface area (Å²) < 4.78 is 5.22. The molecule has 1 fully saturated rings. The van der Waals surface area contributed by atoms with Gasteiger partial charge < -0.3 is 14.4 Å². The maximum absolute atomic E-state index is 12.7. The van der Waals surface area contributed by atoms with Crippen molar-refractivity contribution in [2.75, 3.05) is 13.1 Å². The summed E-state index contributed by atoms with van der Waals surface area (Å²) in [4.78, 5) is 29.5. The molecule has 6 heteroatoms. The molecule has 24 heavy (non-hydrogen) atoms. The number of hydrogen-bond donors (Lipinski definition) is 1. The minimum atomic E-state index is -0.130. The summed E-state index contributed by atoms with van der Waals surface area (Å²) in [5.74, 6) is 0.524. The second kappa shape index (κ2) is 6.63. The Kier molecular flexibility index (Phi) is 4.55. The Balaban J connectivity index is 1.77. The summed E-state index contributed by atoms with van der Waals surface area (Å²) in [6.07, 6.45) is 1.86. The number of amides is 1. The predicted molar refractivity (Wildman–Crippen MR) is 90.3 cm³/mol. The van der Waals surface area contributed by atoms with E-state index in [0.29, 0.717) is 13.1 Å². The Morgan fingerprint density at radius 3 is 2.83 bits per heavy atom. The number of aromatic amines is 1. The van der Waals surface area contributed by atoms with Gasteiger partial charge in [-0.3, -0.25) is 9.59 Å². The topological polar surface area (TPSA) is 79.2 Å². The number of aryl methyl sites for hydroxylation is 1. The highest BCUT2D eigenvalue weighted by molar-refractivity contribution is 5.91. The number of pyridine rings is 1. The van der Waals surface area contributed by atoms with Crippen LogP contribution in [0.25, 0.3) is 0 Å². The number of hydrogen-bond acceptors (Lipinski definition) is 4. The number of likely N-dealkylation sites (tertiary alicyclic amines) is 1. The number of piperidine rings is 1. The predicted octanol–water partition coefficient (Wildman–Crippen LogP) is 2.81. The second-order valence-corrected chi connectivity index (χ2v) is 6.82. The molecule has 0 saturated carbocycles. The summed E-state index contributed by atoms with van der Waals surface area (Å²) in [5.41, 5.74) is 2.53. The molecule has 0 radical (unpaired) electrons. The summed E-state index contributed by atoms with van der Waals surface area (Å²) in [7, 11) is 0. The standard InChI is InChI=1S/C18H23N3O3/c1-11(2)15-9-17(24-20-15)18(23)21-6-4-5-13(10-21)16-8-14(22)7-12(3)19-16/h7-9,11,13H,4-6,10H2,1-3H3,(H,19,22)/t13-/m1/s1. The summed E-state index contributed by atoms with van der Waals surface area (Å²) >= 11 is 0. The maximum Gasteiger partial charge on any atom is 0.292 e. The van der Waals surface area contributed by atoms with Gasteiger partial charge in [0.1, 0.15) is 0 Å². The summed E-state index contributed by atoms with van der Waals surface area (Å²) in [5, 5.41) is 3.96. The van der Waals surface area contributed by atoms with Gasteiger partial charge >= 0.3 is 0 Å². The van der Waals surface area contributed by atoms with Gasteiger partial charge in [0.15, 0.2) is 5.43 Å². The van der Waals surface area contributed by atoms with Crippen LogP contribution in [0.5, 0.6) is 0 Å². The molecule has 3 rings (SSSR count). The van der Waals surface area contributed by atoms with Crippen LogP contribution in [0.4, 0.5) is 0 Å². The summed E-state index contributed by atoms with van der Waals surface area (Å²) in [6.45, 7) is 7.17. The lowest BCUT2D eigenvalue weighted by Crippen LogP contribution is -2.39. The van der Waals surface area contributed by atoms with Crippen LogP contribution in [0.3, 0.4) is 0 Å². The minimum absolute atomic E-state index is 0.00140. The van der Waals surface area contributed by atoms with Gasteiger partial charge in [0.05, 0.1) is 5.69 Å². The Labute approximate surface area is 140 Å². The zero-order valence-electron chi connectivity index (χ0n) is 14.3. The van der Waals surface area contributed by atoms with Crippen LogP contribution in [0, 0.1) is 6.92 Å². The van der Waals surface area contributed by atoms with Gasteiger partial charge in [-0.25, -0.2) is 0 Å². The largest absolute Gasteiger partial charge is 0.362 e. The average Bonchev–Trinajstić information content (AvgIpc) is 3.03. The van der Waals surface area contributed by atoms with Crippen molar-refractivity contribution in [3.8, 4) is 0 Å². The maximum atomic E-state index is 12.7. The highest BCUT2D eigenvalue weighted by Crippen LogP contribution is 2.26. The smallest absolute Gasteiger partial charge is 0.292 e. The molecule has 3 heterocycles. The van der Waals surface area contributed by atoms with Crippen LogP contribution >= 0.6 is 0 Å². The highest BCUT2D eigenvalue weighted by Gasteiger charge is 2.28. The molecule has 1 atom stereocenters. The van der Waals surface area contributed by atoms with Gasteiger partial charge in [0.2, 0.25) is 5.76 Å². The Morgan fingerprint density at radius 2 is 2.17 bits per heavy atom. The van der Waals surface area contributed by atoms with Crippen molar-refractivity contribution in [1.29, 1.82) is 0 Å². The fourth-order valence-electron chi connectivity index (χ4n) is 3.16. The Bertz CT molecular complexity index is 791. The van der Waals surface area contributed by atoms with E-state index in [1.165, 1.54) is 0 Å². The van der Waals surface area contributed by atoms with Crippen molar-refractivity contribution in [2.45, 2.75) is 45.4 Å². The zero-order chi connectivity index (χ0) is 17.3. The number of H-pyrrole nitrogens is 1. The van der Waals surface area contributed by atoms with Crippen molar-refractivity contribution in [2.24, 2.45) is 0 Å². The van der Waals surface area contributed by atoms with E-state index in [2.05, 4.69) is 10.1 Å². The molecule has 2 aromatic rings. The minimum Gasteiger partial charge on any atom is -0.362 e. The van der Waals surface area contributed by atoms with E-state index in [-0.39, 0.29) is 28.9 Å². The molecule has 1 amide bonds. The molecule has 0 unspecified atom stereocenters. The monoisotopic (exact) mass is 329 g/mol. The van der Waals surface area contributed by atoms with Crippen LogP contribution in [0.1, 0.15) is 66.2 Å². The van der Waals surface area contributed by atoms with E-state index in [1.54, 1.807) is 23.1 Å². The average molecular weight is 329 g/mol. The first-order valence-electron chi connectivity index (χ1n) is 8.41. The quantitative estimate of drug-likeness (QED) is 0.939. The molecular weight excluding hydrogens is 306 g/mol. The van der Waals surface area contributed by atoms with E-state index in [9.17, 15) is 9.59 Å². The van der Waals surface area contributed by atoms with E-state index in [0.717, 1.165) is 29.9 Å². The number of rotatable bonds is 3. The Hall–Kier alpha value is -2.37. The van der Waals surface area contributed by atoms with Crippen LogP contribution in [-0.2, 0) is 0 Å². The van der Waals surface area contributed by atoms with Crippen molar-refractivity contribution in [3.05, 3.63) is 51.3 Å². The third-order valence-corrected chi connectivity index (χ3v) is 4.48. The van der Waals surface area contributed by atoms with E-state index < -0.39 is 0 Å². The van der Waals surface area contributed by atoms with Crippen molar-refractivity contribution >= 4 is 5.91 Å². The number of carbonyl (C=O) groups is 1. The van der Waals surface area contributed by atoms with Crippen molar-refractivity contribution in [3.63, 3.8) is 0 Å².